The van der Waals surface area contributed by atoms with Crippen LogP contribution in [0.5, 0.6) is 0 Å². The van der Waals surface area contributed by atoms with E-state index in [9.17, 15) is 0 Å². The summed E-state index contributed by atoms with van der Waals surface area (Å²) < 4.78 is 0. The van der Waals surface area contributed by atoms with Gasteiger partial charge in [-0.05, 0) is 36.7 Å². The maximum Gasteiger partial charge on any atom is -0.0136 e. The second-order valence-corrected chi connectivity index (χ2v) is 4.12. The van der Waals surface area contributed by atoms with Gasteiger partial charge in [0.1, 0.15) is 0 Å². The number of benzene rings is 1. The maximum atomic E-state index is 2.32. The fourth-order valence-electron chi connectivity index (χ4n) is 2.38. The largest absolute Gasteiger partial charge is 0.0648 e. The van der Waals surface area contributed by atoms with E-state index in [4.69, 9.17) is 0 Å². The highest BCUT2D eigenvalue weighted by atomic mass is 14.3. The summed E-state index contributed by atoms with van der Waals surface area (Å²) in [5.74, 6) is 1.81. The van der Waals surface area contributed by atoms with E-state index in [2.05, 4.69) is 37.3 Å². The molecule has 2 rings (SSSR count). The van der Waals surface area contributed by atoms with Crippen molar-refractivity contribution in [1.29, 1.82) is 0 Å². The minimum atomic E-state index is 0.829. The Kier molecular flexibility index (Phi) is 2.68. The Balaban J connectivity index is 2.12. The first-order valence-corrected chi connectivity index (χ1v) is 5.46. The van der Waals surface area contributed by atoms with Crippen LogP contribution in [0.15, 0.2) is 30.3 Å². The van der Waals surface area contributed by atoms with E-state index in [0.717, 1.165) is 11.8 Å². The fraction of sp³-hybridized carbons (Fsp3) is 0.538. The molecule has 1 aromatic rings. The first kappa shape index (κ1) is 8.80. The van der Waals surface area contributed by atoms with Crippen molar-refractivity contribution >= 4 is 0 Å². The van der Waals surface area contributed by atoms with E-state index in [1.165, 1.54) is 25.7 Å². The average Bonchev–Trinajstić information content (AvgIpc) is 2.12. The third-order valence-corrected chi connectivity index (χ3v) is 3.39. The first-order valence-electron chi connectivity index (χ1n) is 5.46. The van der Waals surface area contributed by atoms with Gasteiger partial charge in [0, 0.05) is 0 Å². The molecule has 1 saturated carbocycles. The highest BCUT2D eigenvalue weighted by Gasteiger charge is 2.26. The topological polar surface area (TPSA) is 0 Å². The van der Waals surface area contributed by atoms with E-state index < -0.39 is 0 Å². The summed E-state index contributed by atoms with van der Waals surface area (Å²) in [5.41, 5.74) is 1.55. The lowest BCUT2D eigenvalue weighted by Crippen LogP contribution is -2.19. The SMILES string of the molecule is CCC(c1ccccc1)C1CCC1. The van der Waals surface area contributed by atoms with Crippen molar-refractivity contribution in [3.05, 3.63) is 35.9 Å². The molecule has 0 spiro atoms. The molecule has 0 N–H and O–H groups in total. The van der Waals surface area contributed by atoms with Gasteiger partial charge < -0.3 is 0 Å². The summed E-state index contributed by atoms with van der Waals surface area (Å²) in [5, 5.41) is 0. The molecule has 0 radical (unpaired) electrons. The average molecular weight is 174 g/mol. The maximum absolute atomic E-state index is 2.32. The van der Waals surface area contributed by atoms with Crippen molar-refractivity contribution in [2.75, 3.05) is 0 Å². The summed E-state index contributed by atoms with van der Waals surface area (Å²) in [6, 6.07) is 11.0. The van der Waals surface area contributed by atoms with Gasteiger partial charge in [-0.3, -0.25) is 0 Å². The molecule has 13 heavy (non-hydrogen) atoms. The Hall–Kier alpha value is -0.780. The van der Waals surface area contributed by atoms with Gasteiger partial charge >= 0.3 is 0 Å². The molecular weight excluding hydrogens is 156 g/mol. The highest BCUT2D eigenvalue weighted by Crippen LogP contribution is 2.40. The van der Waals surface area contributed by atoms with Gasteiger partial charge in [0.05, 0.1) is 0 Å². The molecule has 0 aliphatic heterocycles. The summed E-state index contributed by atoms with van der Waals surface area (Å²) in [7, 11) is 0. The van der Waals surface area contributed by atoms with Gasteiger partial charge in [-0.15, -0.1) is 0 Å². The van der Waals surface area contributed by atoms with E-state index in [1.807, 2.05) is 0 Å². The minimum absolute atomic E-state index is 0.829. The second kappa shape index (κ2) is 3.95. The molecule has 1 fully saturated rings. The van der Waals surface area contributed by atoms with Crippen LogP contribution in [0.1, 0.15) is 44.1 Å². The monoisotopic (exact) mass is 174 g/mol. The molecule has 1 unspecified atom stereocenters. The normalized spacial score (nSPS) is 19.5. The van der Waals surface area contributed by atoms with Crippen LogP contribution >= 0.6 is 0 Å². The Morgan fingerprint density at radius 3 is 2.38 bits per heavy atom. The molecule has 0 amide bonds. The van der Waals surface area contributed by atoms with Crippen LogP contribution < -0.4 is 0 Å². The summed E-state index contributed by atoms with van der Waals surface area (Å²) in [6.07, 6.45) is 5.66. The van der Waals surface area contributed by atoms with Crippen molar-refractivity contribution in [2.24, 2.45) is 5.92 Å². The predicted octanol–water partition coefficient (Wildman–Crippen LogP) is 3.98. The van der Waals surface area contributed by atoms with Crippen LogP contribution in [0.4, 0.5) is 0 Å². The number of rotatable bonds is 3. The zero-order valence-corrected chi connectivity index (χ0v) is 8.37. The predicted molar refractivity (Wildman–Crippen MR) is 56.8 cm³/mol. The van der Waals surface area contributed by atoms with Crippen LogP contribution in [-0.4, -0.2) is 0 Å². The van der Waals surface area contributed by atoms with Gasteiger partial charge in [0.25, 0.3) is 0 Å². The lowest BCUT2D eigenvalue weighted by atomic mass is 9.72. The van der Waals surface area contributed by atoms with E-state index >= 15 is 0 Å². The van der Waals surface area contributed by atoms with E-state index in [1.54, 1.807) is 5.56 Å². The molecule has 1 aromatic carbocycles. The quantitative estimate of drug-likeness (QED) is 0.650. The standard InChI is InChI=1S/C13H18/c1-2-13(12-9-6-10-12)11-7-4-3-5-8-11/h3-5,7-8,12-13H,2,6,9-10H2,1H3. The smallest absolute Gasteiger partial charge is 0.0136 e. The molecule has 0 aromatic heterocycles. The van der Waals surface area contributed by atoms with E-state index in [0.29, 0.717) is 0 Å². The van der Waals surface area contributed by atoms with Crippen molar-refractivity contribution in [1.82, 2.24) is 0 Å². The fourth-order valence-corrected chi connectivity index (χ4v) is 2.38. The molecule has 0 heterocycles. The zero-order valence-electron chi connectivity index (χ0n) is 8.37. The zero-order chi connectivity index (χ0) is 9.10. The van der Waals surface area contributed by atoms with E-state index in [-0.39, 0.29) is 0 Å². The number of hydrogen-bond donors (Lipinski definition) is 0. The first-order chi connectivity index (χ1) is 6.42. The molecule has 0 heteroatoms. The van der Waals surface area contributed by atoms with Gasteiger partial charge in [0.2, 0.25) is 0 Å². The van der Waals surface area contributed by atoms with Crippen LogP contribution in [0.3, 0.4) is 0 Å². The summed E-state index contributed by atoms with van der Waals surface area (Å²) in [6.45, 7) is 2.32. The molecular formula is C13H18. The molecule has 0 saturated heterocycles. The van der Waals surface area contributed by atoms with Crippen LogP contribution in [0.2, 0.25) is 0 Å². The molecule has 70 valence electrons. The van der Waals surface area contributed by atoms with Gasteiger partial charge in [-0.25, -0.2) is 0 Å². The van der Waals surface area contributed by atoms with Crippen molar-refractivity contribution in [3.8, 4) is 0 Å². The molecule has 0 nitrogen and oxygen atoms in total. The molecule has 1 atom stereocenters. The van der Waals surface area contributed by atoms with Crippen molar-refractivity contribution in [2.45, 2.75) is 38.5 Å². The minimum Gasteiger partial charge on any atom is -0.0648 e. The van der Waals surface area contributed by atoms with Gasteiger partial charge in [0.15, 0.2) is 0 Å². The third kappa shape index (κ3) is 1.77. The molecule has 1 aliphatic carbocycles. The van der Waals surface area contributed by atoms with Crippen molar-refractivity contribution < 1.29 is 0 Å². The lowest BCUT2D eigenvalue weighted by Gasteiger charge is -2.33. The Morgan fingerprint density at radius 2 is 1.92 bits per heavy atom. The second-order valence-electron chi connectivity index (χ2n) is 4.12. The van der Waals surface area contributed by atoms with Crippen LogP contribution in [0.25, 0.3) is 0 Å². The molecule has 0 bridgehead atoms. The summed E-state index contributed by atoms with van der Waals surface area (Å²) >= 11 is 0. The van der Waals surface area contributed by atoms with Gasteiger partial charge in [-0.1, -0.05) is 43.7 Å². The highest BCUT2D eigenvalue weighted by molar-refractivity contribution is 5.20. The van der Waals surface area contributed by atoms with Crippen molar-refractivity contribution in [3.63, 3.8) is 0 Å². The Labute approximate surface area is 81.0 Å². The lowest BCUT2D eigenvalue weighted by molar-refractivity contribution is 0.256. The van der Waals surface area contributed by atoms with Crippen LogP contribution in [-0.2, 0) is 0 Å². The summed E-state index contributed by atoms with van der Waals surface area (Å²) in [4.78, 5) is 0. The number of hydrogen-bond acceptors (Lipinski definition) is 0. The van der Waals surface area contributed by atoms with Gasteiger partial charge in [-0.2, -0.15) is 0 Å². The van der Waals surface area contributed by atoms with Crippen LogP contribution in [0, 0.1) is 5.92 Å². The molecule has 1 aliphatic rings. The third-order valence-electron chi connectivity index (χ3n) is 3.39. The Bertz CT molecular complexity index is 246. The Morgan fingerprint density at radius 1 is 1.23 bits per heavy atom.